The van der Waals surface area contributed by atoms with Crippen LogP contribution in [-0.4, -0.2) is 28.5 Å². The topological polar surface area (TPSA) is 64.9 Å². The quantitative estimate of drug-likeness (QED) is 0.633. The third-order valence-electron chi connectivity index (χ3n) is 4.53. The van der Waals surface area contributed by atoms with E-state index >= 15 is 0 Å². The normalized spacial score (nSPS) is 12.2. The summed E-state index contributed by atoms with van der Waals surface area (Å²) in [6.07, 6.45) is 5.33. The van der Waals surface area contributed by atoms with Gasteiger partial charge in [-0.15, -0.1) is 0 Å². The fraction of sp³-hybridized carbons (Fsp3) is 0.364. The second kappa shape index (κ2) is 8.78. The number of carbonyl (C=O) groups is 1. The first kappa shape index (κ1) is 19.7. The number of ether oxygens (including phenoxy) is 2. The summed E-state index contributed by atoms with van der Waals surface area (Å²) in [5, 5.41) is 3.16. The van der Waals surface area contributed by atoms with Crippen molar-refractivity contribution in [2.75, 3.05) is 13.2 Å². The van der Waals surface area contributed by atoms with Crippen LogP contribution in [0.2, 0.25) is 0 Å². The van der Waals surface area contributed by atoms with Crippen molar-refractivity contribution in [1.82, 2.24) is 14.7 Å². The minimum absolute atomic E-state index is 0.124. The number of hydrogen-bond acceptors (Lipinski definition) is 4. The van der Waals surface area contributed by atoms with Gasteiger partial charge in [0.25, 0.3) is 5.91 Å². The molecule has 1 atom stereocenters. The molecule has 0 radical (unpaired) electrons. The van der Waals surface area contributed by atoms with Gasteiger partial charge in [-0.3, -0.25) is 4.79 Å². The average molecular weight is 381 g/mol. The molecule has 0 bridgehead atoms. The van der Waals surface area contributed by atoms with E-state index in [0.717, 1.165) is 11.2 Å². The minimum Gasteiger partial charge on any atom is -0.490 e. The van der Waals surface area contributed by atoms with Crippen LogP contribution in [0.25, 0.3) is 5.65 Å². The van der Waals surface area contributed by atoms with Crippen molar-refractivity contribution in [3.8, 4) is 11.5 Å². The van der Waals surface area contributed by atoms with E-state index in [-0.39, 0.29) is 17.9 Å². The largest absolute Gasteiger partial charge is 0.490 e. The molecule has 2 aromatic heterocycles. The maximum absolute atomic E-state index is 12.9. The number of nitrogens with one attached hydrogen (secondary N) is 1. The zero-order valence-corrected chi connectivity index (χ0v) is 16.8. The van der Waals surface area contributed by atoms with E-state index in [2.05, 4.69) is 24.1 Å². The second-order valence-electron chi connectivity index (χ2n) is 6.88. The van der Waals surface area contributed by atoms with Crippen molar-refractivity contribution in [3.05, 3.63) is 60.0 Å². The van der Waals surface area contributed by atoms with Crippen LogP contribution in [0.4, 0.5) is 0 Å². The summed E-state index contributed by atoms with van der Waals surface area (Å²) in [6.45, 7) is 9.17. The number of carbonyl (C=O) groups excluding carboxylic acids is 1. The van der Waals surface area contributed by atoms with Gasteiger partial charge in [0.05, 0.1) is 24.8 Å². The molecule has 28 heavy (non-hydrogen) atoms. The summed E-state index contributed by atoms with van der Waals surface area (Å²) in [6, 6.07) is 9.32. The predicted molar refractivity (Wildman–Crippen MR) is 109 cm³/mol. The molecule has 1 amide bonds. The first-order chi connectivity index (χ1) is 13.5. The van der Waals surface area contributed by atoms with E-state index in [1.807, 2.05) is 48.7 Å². The molecule has 2 heterocycles. The van der Waals surface area contributed by atoms with Crippen LogP contribution >= 0.6 is 0 Å². The monoisotopic (exact) mass is 381 g/mol. The molecule has 0 saturated heterocycles. The number of fused-ring (bicyclic) bond motifs is 1. The van der Waals surface area contributed by atoms with Gasteiger partial charge >= 0.3 is 0 Å². The molecule has 0 saturated carbocycles. The third-order valence-corrected chi connectivity index (χ3v) is 4.53. The van der Waals surface area contributed by atoms with E-state index in [4.69, 9.17) is 9.47 Å². The zero-order valence-electron chi connectivity index (χ0n) is 16.8. The molecule has 0 fully saturated rings. The van der Waals surface area contributed by atoms with Gasteiger partial charge in [-0.1, -0.05) is 19.9 Å². The molecule has 6 nitrogen and oxygen atoms in total. The predicted octanol–water partition coefficient (Wildman–Crippen LogP) is 4.26. The van der Waals surface area contributed by atoms with E-state index in [0.29, 0.717) is 30.3 Å². The van der Waals surface area contributed by atoms with Crippen molar-refractivity contribution >= 4 is 11.6 Å². The fourth-order valence-electron chi connectivity index (χ4n) is 3.17. The van der Waals surface area contributed by atoms with E-state index in [1.165, 1.54) is 0 Å². The Labute approximate surface area is 165 Å². The summed E-state index contributed by atoms with van der Waals surface area (Å²) in [5.41, 5.74) is 2.39. The lowest BCUT2D eigenvalue weighted by atomic mass is 9.95. The smallest absolute Gasteiger partial charge is 0.253 e. The third kappa shape index (κ3) is 4.27. The van der Waals surface area contributed by atoms with Crippen LogP contribution in [0.15, 0.2) is 48.9 Å². The second-order valence-corrected chi connectivity index (χ2v) is 6.88. The Balaban J connectivity index is 1.86. The van der Waals surface area contributed by atoms with Gasteiger partial charge in [0.15, 0.2) is 11.5 Å². The van der Waals surface area contributed by atoms with Crippen molar-refractivity contribution in [2.45, 2.75) is 33.7 Å². The van der Waals surface area contributed by atoms with E-state index < -0.39 is 0 Å². The molecular weight excluding hydrogens is 354 g/mol. The summed E-state index contributed by atoms with van der Waals surface area (Å²) >= 11 is 0. The molecule has 1 N–H and O–H groups in total. The molecule has 0 aliphatic carbocycles. The van der Waals surface area contributed by atoms with Crippen molar-refractivity contribution in [1.29, 1.82) is 0 Å². The molecular formula is C22H27N3O3. The molecule has 148 valence electrons. The summed E-state index contributed by atoms with van der Waals surface area (Å²) < 4.78 is 13.2. The Morgan fingerprint density at radius 1 is 1.11 bits per heavy atom. The van der Waals surface area contributed by atoms with Gasteiger partial charge in [0.2, 0.25) is 0 Å². The van der Waals surface area contributed by atoms with Crippen molar-refractivity contribution in [2.24, 2.45) is 5.92 Å². The number of nitrogens with zero attached hydrogens (tertiary/aromatic N) is 2. The van der Waals surface area contributed by atoms with Crippen LogP contribution in [0.1, 0.15) is 49.7 Å². The maximum Gasteiger partial charge on any atom is 0.253 e. The summed E-state index contributed by atoms with van der Waals surface area (Å²) in [7, 11) is 0. The average Bonchev–Trinajstić information content (AvgIpc) is 3.15. The first-order valence-electron chi connectivity index (χ1n) is 9.66. The Morgan fingerprint density at radius 2 is 1.86 bits per heavy atom. The lowest BCUT2D eigenvalue weighted by molar-refractivity contribution is 0.0925. The molecule has 0 spiro atoms. The number of aromatic nitrogens is 2. The molecule has 3 rings (SSSR count). The zero-order chi connectivity index (χ0) is 20.1. The maximum atomic E-state index is 12.9. The summed E-state index contributed by atoms with van der Waals surface area (Å²) in [4.78, 5) is 17.1. The number of amides is 1. The van der Waals surface area contributed by atoms with Crippen molar-refractivity contribution in [3.63, 3.8) is 0 Å². The fourth-order valence-corrected chi connectivity index (χ4v) is 3.17. The lowest BCUT2D eigenvalue weighted by Crippen LogP contribution is -2.32. The highest BCUT2D eigenvalue weighted by Crippen LogP contribution is 2.33. The number of benzene rings is 1. The molecule has 3 aromatic rings. The van der Waals surface area contributed by atoms with Gasteiger partial charge < -0.3 is 19.2 Å². The highest BCUT2D eigenvalue weighted by molar-refractivity contribution is 5.94. The lowest BCUT2D eigenvalue weighted by Gasteiger charge is -2.24. The number of pyridine rings is 1. The molecule has 0 aliphatic rings. The molecule has 0 aliphatic heterocycles. The van der Waals surface area contributed by atoms with Crippen LogP contribution in [0, 0.1) is 5.92 Å². The van der Waals surface area contributed by atoms with Crippen LogP contribution in [0.5, 0.6) is 11.5 Å². The van der Waals surface area contributed by atoms with Crippen LogP contribution in [0.3, 0.4) is 0 Å². The molecule has 1 aromatic carbocycles. The van der Waals surface area contributed by atoms with Gasteiger partial charge in [0.1, 0.15) is 5.65 Å². The minimum atomic E-state index is -0.152. The van der Waals surface area contributed by atoms with Crippen LogP contribution < -0.4 is 14.8 Å². The van der Waals surface area contributed by atoms with Crippen molar-refractivity contribution < 1.29 is 14.3 Å². The standard InChI is InChI=1S/C22H27N3O3/c1-5-27-18-9-7-16(13-19(18)28-6-2)21(15(3)4)24-22(26)17-8-10-20-23-11-12-25(20)14-17/h7-15,21H,5-6H2,1-4H3,(H,24,26). The SMILES string of the molecule is CCOc1ccc(C(NC(=O)c2ccc3nccn3c2)C(C)C)cc1OCC. The summed E-state index contributed by atoms with van der Waals surface area (Å²) in [5.74, 6) is 1.49. The number of rotatable bonds is 8. The van der Waals surface area contributed by atoms with Gasteiger partial charge in [-0.25, -0.2) is 4.98 Å². The van der Waals surface area contributed by atoms with E-state index in [9.17, 15) is 4.79 Å². The highest BCUT2D eigenvalue weighted by atomic mass is 16.5. The molecule has 6 heteroatoms. The Morgan fingerprint density at radius 3 is 2.57 bits per heavy atom. The Bertz CT molecular complexity index is 949. The van der Waals surface area contributed by atoms with E-state index in [1.54, 1.807) is 18.5 Å². The van der Waals surface area contributed by atoms with Gasteiger partial charge in [-0.05, 0) is 49.6 Å². The first-order valence-corrected chi connectivity index (χ1v) is 9.66. The van der Waals surface area contributed by atoms with Gasteiger partial charge in [-0.2, -0.15) is 0 Å². The Hall–Kier alpha value is -3.02. The number of hydrogen-bond donors (Lipinski definition) is 1. The van der Waals surface area contributed by atoms with Gasteiger partial charge in [0, 0.05) is 18.6 Å². The molecule has 1 unspecified atom stereocenters. The Kier molecular flexibility index (Phi) is 6.19. The number of imidazole rings is 1. The van der Waals surface area contributed by atoms with Crippen LogP contribution in [-0.2, 0) is 0 Å². The highest BCUT2D eigenvalue weighted by Gasteiger charge is 2.21.